The number of rotatable bonds is 4. The molecule has 1 saturated carbocycles. The Morgan fingerprint density at radius 3 is 2.75 bits per heavy atom. The van der Waals surface area contributed by atoms with Crippen LogP contribution in [0.5, 0.6) is 0 Å². The SMILES string of the molecule is C.NCC1CCCCC1NC(=O)NCCF.[HH].[HH]. The Bertz CT molecular complexity index is 211. The van der Waals surface area contributed by atoms with Gasteiger partial charge in [-0.2, -0.15) is 0 Å². The summed E-state index contributed by atoms with van der Waals surface area (Å²) in [5.41, 5.74) is 5.64. The van der Waals surface area contributed by atoms with Crippen molar-refractivity contribution in [3.05, 3.63) is 0 Å². The molecule has 1 fully saturated rings. The second-order valence-electron chi connectivity index (χ2n) is 3.98. The fourth-order valence-electron chi connectivity index (χ4n) is 2.06. The van der Waals surface area contributed by atoms with E-state index in [1.54, 1.807) is 0 Å². The number of hydrogen-bond acceptors (Lipinski definition) is 2. The minimum absolute atomic E-state index is 0. The van der Waals surface area contributed by atoms with Crippen LogP contribution in [0.4, 0.5) is 9.18 Å². The van der Waals surface area contributed by atoms with Crippen LogP contribution in [0.1, 0.15) is 36.0 Å². The predicted molar refractivity (Wildman–Crippen MR) is 68.3 cm³/mol. The van der Waals surface area contributed by atoms with Gasteiger partial charge < -0.3 is 16.4 Å². The second-order valence-corrected chi connectivity index (χ2v) is 3.98. The Labute approximate surface area is 100 Å². The van der Waals surface area contributed by atoms with Gasteiger partial charge in [0.2, 0.25) is 0 Å². The van der Waals surface area contributed by atoms with Crippen molar-refractivity contribution in [3.63, 3.8) is 0 Å². The molecule has 2 unspecified atom stereocenters. The average Bonchev–Trinajstić information content (AvgIpc) is 2.27. The van der Waals surface area contributed by atoms with Crippen molar-refractivity contribution in [2.45, 2.75) is 39.2 Å². The highest BCUT2D eigenvalue weighted by atomic mass is 19.1. The molecule has 1 rings (SSSR count). The van der Waals surface area contributed by atoms with Crippen LogP contribution in [0.2, 0.25) is 0 Å². The molecule has 0 saturated heterocycles. The van der Waals surface area contributed by atoms with Gasteiger partial charge in [-0.3, -0.25) is 0 Å². The molecule has 4 nitrogen and oxygen atoms in total. The first-order chi connectivity index (χ1) is 7.27. The van der Waals surface area contributed by atoms with Gasteiger partial charge in [0.15, 0.2) is 0 Å². The van der Waals surface area contributed by atoms with E-state index in [2.05, 4.69) is 10.6 Å². The molecule has 4 N–H and O–H groups in total. The van der Waals surface area contributed by atoms with Crippen LogP contribution in [0.3, 0.4) is 0 Å². The van der Waals surface area contributed by atoms with Gasteiger partial charge in [0, 0.05) is 15.4 Å². The zero-order valence-electron chi connectivity index (χ0n) is 8.97. The third-order valence-corrected chi connectivity index (χ3v) is 2.91. The highest BCUT2D eigenvalue weighted by Gasteiger charge is 2.24. The molecule has 2 atom stereocenters. The van der Waals surface area contributed by atoms with Crippen molar-refractivity contribution < 1.29 is 12.0 Å². The van der Waals surface area contributed by atoms with Crippen molar-refractivity contribution >= 4 is 6.03 Å². The van der Waals surface area contributed by atoms with Gasteiger partial charge in [-0.25, -0.2) is 9.18 Å². The van der Waals surface area contributed by atoms with E-state index in [9.17, 15) is 9.18 Å². The average molecular weight is 237 g/mol. The maximum atomic E-state index is 11.8. The van der Waals surface area contributed by atoms with Gasteiger partial charge in [-0.15, -0.1) is 0 Å². The largest absolute Gasteiger partial charge is 0.336 e. The van der Waals surface area contributed by atoms with E-state index in [1.165, 1.54) is 6.42 Å². The smallest absolute Gasteiger partial charge is 0.315 e. The molecule has 0 spiro atoms. The number of carbonyl (C=O) groups excluding carboxylic acids is 1. The molecule has 5 heteroatoms. The van der Waals surface area contributed by atoms with Gasteiger partial charge in [0.1, 0.15) is 6.67 Å². The number of urea groups is 1. The molecule has 0 bridgehead atoms. The molecule has 0 aliphatic heterocycles. The van der Waals surface area contributed by atoms with E-state index in [0.717, 1.165) is 19.3 Å². The summed E-state index contributed by atoms with van der Waals surface area (Å²) in [5.74, 6) is 0.370. The van der Waals surface area contributed by atoms with Gasteiger partial charge in [0.05, 0.1) is 0 Å². The molecular formula is C11H28FN3O. The molecule has 0 heterocycles. The third-order valence-electron chi connectivity index (χ3n) is 2.91. The highest BCUT2D eigenvalue weighted by Crippen LogP contribution is 2.23. The van der Waals surface area contributed by atoms with Crippen molar-refractivity contribution in [2.24, 2.45) is 11.7 Å². The number of nitrogens with two attached hydrogens (primary N) is 1. The van der Waals surface area contributed by atoms with Gasteiger partial charge in [-0.1, -0.05) is 20.3 Å². The number of alkyl halides is 1. The minimum Gasteiger partial charge on any atom is -0.336 e. The monoisotopic (exact) mass is 237 g/mol. The molecule has 16 heavy (non-hydrogen) atoms. The molecule has 0 radical (unpaired) electrons. The lowest BCUT2D eigenvalue weighted by atomic mass is 9.84. The Hall–Kier alpha value is -0.840. The zero-order valence-corrected chi connectivity index (χ0v) is 8.97. The van der Waals surface area contributed by atoms with Crippen molar-refractivity contribution in [3.8, 4) is 0 Å². The Morgan fingerprint density at radius 2 is 2.12 bits per heavy atom. The van der Waals surface area contributed by atoms with E-state index in [0.29, 0.717) is 12.5 Å². The normalized spacial score (nSPS) is 24.4. The summed E-state index contributed by atoms with van der Waals surface area (Å²) >= 11 is 0. The fraction of sp³-hybridized carbons (Fsp3) is 0.909. The number of nitrogens with one attached hydrogen (secondary N) is 2. The summed E-state index contributed by atoms with van der Waals surface area (Å²) in [6, 6.07) is -0.124. The van der Waals surface area contributed by atoms with Crippen LogP contribution in [-0.4, -0.2) is 31.8 Å². The predicted octanol–water partition coefficient (Wildman–Crippen LogP) is 1.90. The molecule has 0 aromatic rings. The Balaban J connectivity index is -0.000000750. The van der Waals surface area contributed by atoms with Crippen LogP contribution < -0.4 is 16.4 Å². The lowest BCUT2D eigenvalue weighted by Crippen LogP contribution is -2.48. The lowest BCUT2D eigenvalue weighted by molar-refractivity contribution is 0.218. The number of halogens is 1. The lowest BCUT2D eigenvalue weighted by Gasteiger charge is -2.31. The molecule has 100 valence electrons. The van der Waals surface area contributed by atoms with Gasteiger partial charge >= 0.3 is 6.03 Å². The summed E-state index contributed by atoms with van der Waals surface area (Å²) in [6.07, 6.45) is 4.37. The molecule has 0 aromatic heterocycles. The van der Waals surface area contributed by atoms with Crippen LogP contribution >= 0.6 is 0 Å². The first-order valence-electron chi connectivity index (χ1n) is 5.58. The molecule has 1 aliphatic rings. The van der Waals surface area contributed by atoms with Gasteiger partial charge in [0.25, 0.3) is 0 Å². The molecule has 2 amide bonds. The van der Waals surface area contributed by atoms with E-state index >= 15 is 0 Å². The van der Waals surface area contributed by atoms with Crippen molar-refractivity contribution in [1.29, 1.82) is 0 Å². The van der Waals surface area contributed by atoms with Crippen LogP contribution in [0, 0.1) is 5.92 Å². The number of hydrogen-bond donors (Lipinski definition) is 3. The third kappa shape index (κ3) is 4.79. The van der Waals surface area contributed by atoms with E-state index < -0.39 is 6.67 Å². The standard InChI is InChI=1S/C10H20FN3O.CH4.2H2/c11-5-6-13-10(15)14-9-4-2-1-3-8(9)7-12;;;/h8-9H,1-7,12H2,(H2,13,14,15);1H4;2*1H. The summed E-state index contributed by atoms with van der Waals surface area (Å²) < 4.78 is 11.8. The van der Waals surface area contributed by atoms with Crippen LogP contribution in [0.25, 0.3) is 0 Å². The second kappa shape index (κ2) is 8.33. The fourth-order valence-corrected chi connectivity index (χ4v) is 2.06. The highest BCUT2D eigenvalue weighted by molar-refractivity contribution is 5.74. The van der Waals surface area contributed by atoms with Gasteiger partial charge in [-0.05, 0) is 25.3 Å². The molecular weight excluding hydrogens is 209 g/mol. The molecule has 1 aliphatic carbocycles. The summed E-state index contributed by atoms with van der Waals surface area (Å²) in [5, 5.41) is 5.32. The van der Waals surface area contributed by atoms with E-state index in [1.807, 2.05) is 0 Å². The van der Waals surface area contributed by atoms with E-state index in [-0.39, 0.29) is 28.9 Å². The quantitative estimate of drug-likeness (QED) is 0.699. The van der Waals surface area contributed by atoms with Crippen molar-refractivity contribution in [1.82, 2.24) is 10.6 Å². The first-order valence-corrected chi connectivity index (χ1v) is 5.58. The van der Waals surface area contributed by atoms with E-state index in [4.69, 9.17) is 5.73 Å². The summed E-state index contributed by atoms with van der Waals surface area (Å²) in [6.45, 7) is 0.151. The maximum Gasteiger partial charge on any atom is 0.315 e. The summed E-state index contributed by atoms with van der Waals surface area (Å²) in [7, 11) is 0. The number of carbonyl (C=O) groups is 1. The minimum atomic E-state index is -0.529. The van der Waals surface area contributed by atoms with Crippen LogP contribution in [-0.2, 0) is 0 Å². The molecule has 0 aromatic carbocycles. The van der Waals surface area contributed by atoms with Crippen LogP contribution in [0.15, 0.2) is 0 Å². The first kappa shape index (κ1) is 15.2. The zero-order chi connectivity index (χ0) is 11.1. The topological polar surface area (TPSA) is 67.1 Å². The van der Waals surface area contributed by atoms with Crippen molar-refractivity contribution in [2.75, 3.05) is 19.8 Å². The summed E-state index contributed by atoms with van der Waals surface area (Å²) in [4.78, 5) is 11.3. The number of amides is 2. The maximum absolute atomic E-state index is 11.8. The Morgan fingerprint density at radius 1 is 1.44 bits per heavy atom. The Kier molecular flexibility index (Phi) is 7.89.